The SMILES string of the molecule is CCNc1nc(NC2(CO)CCC2)nc(N(CC)CC)n1. The zero-order chi connectivity index (χ0) is 15.3. The summed E-state index contributed by atoms with van der Waals surface area (Å²) in [6.07, 6.45) is 3.03. The molecule has 1 aliphatic carbocycles. The third kappa shape index (κ3) is 3.53. The average Bonchev–Trinajstić information content (AvgIpc) is 2.44. The maximum absolute atomic E-state index is 9.58. The molecule has 1 fully saturated rings. The van der Waals surface area contributed by atoms with E-state index in [0.717, 1.165) is 38.9 Å². The Morgan fingerprint density at radius 3 is 2.24 bits per heavy atom. The standard InChI is InChI=1S/C14H26N6O/c1-4-15-11-16-12(19-14(10-21)8-7-9-14)18-13(17-11)20(5-2)6-3/h21H,4-10H2,1-3H3,(H2,15,16,17,18,19). The number of hydrogen-bond donors (Lipinski definition) is 3. The molecule has 0 amide bonds. The number of anilines is 3. The van der Waals surface area contributed by atoms with Crippen LogP contribution in [0.4, 0.5) is 17.8 Å². The molecule has 1 aromatic rings. The van der Waals surface area contributed by atoms with E-state index in [0.29, 0.717) is 17.8 Å². The second kappa shape index (κ2) is 6.89. The topological polar surface area (TPSA) is 86.2 Å². The molecule has 3 N–H and O–H groups in total. The molecule has 2 rings (SSSR count). The first-order valence-electron chi connectivity index (χ1n) is 7.80. The molecule has 0 radical (unpaired) electrons. The molecule has 0 saturated heterocycles. The van der Waals surface area contributed by atoms with Crippen LogP contribution in [-0.2, 0) is 0 Å². The summed E-state index contributed by atoms with van der Waals surface area (Å²) in [5, 5.41) is 16.0. The van der Waals surface area contributed by atoms with E-state index in [1.807, 2.05) is 6.92 Å². The second-order valence-electron chi connectivity index (χ2n) is 5.40. The molecule has 0 spiro atoms. The van der Waals surface area contributed by atoms with Crippen molar-refractivity contribution in [1.82, 2.24) is 15.0 Å². The molecule has 118 valence electrons. The average molecular weight is 294 g/mol. The van der Waals surface area contributed by atoms with Crippen molar-refractivity contribution in [3.05, 3.63) is 0 Å². The lowest BCUT2D eigenvalue weighted by Crippen LogP contribution is -2.48. The lowest BCUT2D eigenvalue weighted by Gasteiger charge is -2.41. The van der Waals surface area contributed by atoms with Crippen molar-refractivity contribution < 1.29 is 5.11 Å². The molecule has 1 aromatic heterocycles. The number of rotatable bonds is 8. The molecule has 0 unspecified atom stereocenters. The first kappa shape index (κ1) is 15.8. The van der Waals surface area contributed by atoms with Crippen molar-refractivity contribution in [1.29, 1.82) is 0 Å². The lowest BCUT2D eigenvalue weighted by atomic mass is 9.77. The van der Waals surface area contributed by atoms with Gasteiger partial charge in [0, 0.05) is 19.6 Å². The number of nitrogens with zero attached hydrogens (tertiary/aromatic N) is 4. The van der Waals surface area contributed by atoms with Crippen LogP contribution < -0.4 is 15.5 Å². The minimum Gasteiger partial charge on any atom is -0.394 e. The minimum atomic E-state index is -0.259. The van der Waals surface area contributed by atoms with Crippen LogP contribution in [0.25, 0.3) is 0 Å². The Kier molecular flexibility index (Phi) is 5.17. The number of hydrogen-bond acceptors (Lipinski definition) is 7. The first-order valence-corrected chi connectivity index (χ1v) is 7.80. The van der Waals surface area contributed by atoms with Crippen LogP contribution in [-0.4, -0.2) is 51.8 Å². The van der Waals surface area contributed by atoms with Crippen LogP contribution in [0.3, 0.4) is 0 Å². The zero-order valence-electron chi connectivity index (χ0n) is 13.2. The van der Waals surface area contributed by atoms with Gasteiger partial charge in [-0.25, -0.2) is 0 Å². The van der Waals surface area contributed by atoms with Crippen LogP contribution >= 0.6 is 0 Å². The predicted octanol–water partition coefficient (Wildman–Crippen LogP) is 1.48. The summed E-state index contributed by atoms with van der Waals surface area (Å²) in [6, 6.07) is 0. The molecular weight excluding hydrogens is 268 g/mol. The number of aliphatic hydroxyl groups excluding tert-OH is 1. The Morgan fingerprint density at radius 1 is 1.10 bits per heavy atom. The fourth-order valence-corrected chi connectivity index (χ4v) is 2.47. The van der Waals surface area contributed by atoms with Gasteiger partial charge in [-0.05, 0) is 40.0 Å². The fraction of sp³-hybridized carbons (Fsp3) is 0.786. The van der Waals surface area contributed by atoms with Gasteiger partial charge in [0.1, 0.15) is 0 Å². The summed E-state index contributed by atoms with van der Waals surface area (Å²) in [6.45, 7) is 8.72. The number of nitrogens with one attached hydrogen (secondary N) is 2. The zero-order valence-corrected chi connectivity index (χ0v) is 13.2. The highest BCUT2D eigenvalue weighted by Gasteiger charge is 2.37. The molecule has 1 aliphatic rings. The quantitative estimate of drug-likeness (QED) is 0.669. The van der Waals surface area contributed by atoms with Crippen molar-refractivity contribution in [3.8, 4) is 0 Å². The predicted molar refractivity (Wildman–Crippen MR) is 84.8 cm³/mol. The molecule has 7 heteroatoms. The van der Waals surface area contributed by atoms with E-state index in [2.05, 4.69) is 44.3 Å². The van der Waals surface area contributed by atoms with Crippen LogP contribution in [0.2, 0.25) is 0 Å². The first-order chi connectivity index (χ1) is 10.2. The van der Waals surface area contributed by atoms with Crippen LogP contribution in [0.1, 0.15) is 40.0 Å². The van der Waals surface area contributed by atoms with Gasteiger partial charge in [-0.3, -0.25) is 0 Å². The maximum Gasteiger partial charge on any atom is 0.231 e. The summed E-state index contributed by atoms with van der Waals surface area (Å²) < 4.78 is 0. The van der Waals surface area contributed by atoms with E-state index < -0.39 is 0 Å². The Balaban J connectivity index is 2.26. The summed E-state index contributed by atoms with van der Waals surface area (Å²) in [4.78, 5) is 15.5. The summed E-state index contributed by atoms with van der Waals surface area (Å²) in [5.41, 5.74) is -0.259. The monoisotopic (exact) mass is 294 g/mol. The van der Waals surface area contributed by atoms with E-state index in [1.165, 1.54) is 0 Å². The number of aromatic nitrogens is 3. The lowest BCUT2D eigenvalue weighted by molar-refractivity contribution is 0.143. The van der Waals surface area contributed by atoms with E-state index in [1.54, 1.807) is 0 Å². The largest absolute Gasteiger partial charge is 0.394 e. The second-order valence-corrected chi connectivity index (χ2v) is 5.40. The van der Waals surface area contributed by atoms with Gasteiger partial charge in [0.05, 0.1) is 12.1 Å². The summed E-state index contributed by atoms with van der Waals surface area (Å²) in [7, 11) is 0. The van der Waals surface area contributed by atoms with Gasteiger partial charge in [-0.2, -0.15) is 15.0 Å². The fourth-order valence-electron chi connectivity index (χ4n) is 2.47. The van der Waals surface area contributed by atoms with Gasteiger partial charge in [-0.15, -0.1) is 0 Å². The van der Waals surface area contributed by atoms with Crippen LogP contribution in [0.5, 0.6) is 0 Å². The van der Waals surface area contributed by atoms with E-state index in [4.69, 9.17) is 0 Å². The van der Waals surface area contributed by atoms with E-state index >= 15 is 0 Å². The molecule has 0 aliphatic heterocycles. The molecule has 0 atom stereocenters. The third-order valence-corrected chi connectivity index (χ3v) is 4.00. The Hall–Kier alpha value is -1.63. The van der Waals surface area contributed by atoms with Crippen molar-refractivity contribution >= 4 is 17.8 Å². The van der Waals surface area contributed by atoms with Crippen molar-refractivity contribution in [2.45, 2.75) is 45.6 Å². The van der Waals surface area contributed by atoms with E-state index in [9.17, 15) is 5.11 Å². The van der Waals surface area contributed by atoms with Gasteiger partial charge in [0.2, 0.25) is 17.8 Å². The molecule has 0 bridgehead atoms. The van der Waals surface area contributed by atoms with E-state index in [-0.39, 0.29) is 12.1 Å². The van der Waals surface area contributed by atoms with Gasteiger partial charge < -0.3 is 20.6 Å². The number of aliphatic hydroxyl groups is 1. The van der Waals surface area contributed by atoms with Crippen molar-refractivity contribution in [2.75, 3.05) is 41.8 Å². The van der Waals surface area contributed by atoms with Crippen molar-refractivity contribution in [3.63, 3.8) is 0 Å². The molecule has 1 saturated carbocycles. The minimum absolute atomic E-state index is 0.107. The van der Waals surface area contributed by atoms with Gasteiger partial charge >= 0.3 is 0 Å². The normalized spacial score (nSPS) is 16.2. The van der Waals surface area contributed by atoms with Gasteiger partial charge in [0.25, 0.3) is 0 Å². The van der Waals surface area contributed by atoms with Crippen molar-refractivity contribution in [2.24, 2.45) is 0 Å². The van der Waals surface area contributed by atoms with Gasteiger partial charge in [-0.1, -0.05) is 0 Å². The molecule has 0 aromatic carbocycles. The molecular formula is C14H26N6O. The highest BCUT2D eigenvalue weighted by atomic mass is 16.3. The Labute approximate surface area is 126 Å². The highest BCUT2D eigenvalue weighted by Crippen LogP contribution is 2.34. The molecule has 1 heterocycles. The third-order valence-electron chi connectivity index (χ3n) is 4.00. The van der Waals surface area contributed by atoms with Gasteiger partial charge in [0.15, 0.2) is 0 Å². The molecule has 7 nitrogen and oxygen atoms in total. The van der Waals surface area contributed by atoms with Crippen LogP contribution in [0, 0.1) is 0 Å². The van der Waals surface area contributed by atoms with Crippen LogP contribution in [0.15, 0.2) is 0 Å². The smallest absolute Gasteiger partial charge is 0.231 e. The summed E-state index contributed by atoms with van der Waals surface area (Å²) >= 11 is 0. The molecule has 21 heavy (non-hydrogen) atoms. The Morgan fingerprint density at radius 2 is 1.76 bits per heavy atom. The Bertz CT molecular complexity index is 453. The maximum atomic E-state index is 9.58. The summed E-state index contributed by atoms with van der Waals surface area (Å²) in [5.74, 6) is 1.78. The highest BCUT2D eigenvalue weighted by molar-refractivity contribution is 5.45.